The quantitative estimate of drug-likeness (QED) is 0.552. The molecule has 0 rings (SSSR count). The molecule has 0 bridgehead atoms. The van der Waals surface area contributed by atoms with Gasteiger partial charge in [0.25, 0.3) is 5.76 Å². The van der Waals surface area contributed by atoms with E-state index in [1.54, 1.807) is 41.5 Å². The zero-order valence-corrected chi connectivity index (χ0v) is 11.3. The standard InChI is InChI=1S/C12H22O5/c1-7(2)15-10(11(13)14)12(16-8(3)4)17-9(5)6/h7-9H,1-6H3,(H,13,14). The minimum atomic E-state index is -1.20. The fourth-order valence-electron chi connectivity index (χ4n) is 0.985. The van der Waals surface area contributed by atoms with Crippen LogP contribution in [0.25, 0.3) is 0 Å². The van der Waals surface area contributed by atoms with E-state index in [4.69, 9.17) is 19.3 Å². The Morgan fingerprint density at radius 2 is 1.18 bits per heavy atom. The van der Waals surface area contributed by atoms with E-state index < -0.39 is 5.97 Å². The summed E-state index contributed by atoms with van der Waals surface area (Å²) in [5, 5.41) is 9.08. The molecule has 0 aromatic carbocycles. The van der Waals surface area contributed by atoms with Crippen molar-refractivity contribution in [3.05, 3.63) is 11.7 Å². The van der Waals surface area contributed by atoms with E-state index in [9.17, 15) is 4.79 Å². The van der Waals surface area contributed by atoms with E-state index in [0.717, 1.165) is 0 Å². The van der Waals surface area contributed by atoms with Gasteiger partial charge in [0.1, 0.15) is 0 Å². The molecule has 0 saturated heterocycles. The molecule has 1 N–H and O–H groups in total. The molecule has 0 aliphatic carbocycles. The molecule has 17 heavy (non-hydrogen) atoms. The number of carboxylic acids is 1. The predicted molar refractivity (Wildman–Crippen MR) is 63.3 cm³/mol. The van der Waals surface area contributed by atoms with Crippen molar-refractivity contribution in [2.75, 3.05) is 0 Å². The minimum absolute atomic E-state index is 0.0730. The lowest BCUT2D eigenvalue weighted by Crippen LogP contribution is -2.19. The molecule has 0 fully saturated rings. The molecular formula is C12H22O5. The van der Waals surface area contributed by atoms with E-state index in [2.05, 4.69) is 0 Å². The summed E-state index contributed by atoms with van der Waals surface area (Å²) in [6.45, 7) is 10.6. The lowest BCUT2D eigenvalue weighted by molar-refractivity contribution is -0.140. The third-order valence-electron chi connectivity index (χ3n) is 1.42. The third-order valence-corrected chi connectivity index (χ3v) is 1.42. The summed E-state index contributed by atoms with van der Waals surface area (Å²) in [4.78, 5) is 11.1. The first-order valence-electron chi connectivity index (χ1n) is 5.71. The molecule has 0 amide bonds. The molecule has 0 spiro atoms. The highest BCUT2D eigenvalue weighted by molar-refractivity contribution is 5.84. The van der Waals surface area contributed by atoms with Crippen LogP contribution in [0.15, 0.2) is 11.7 Å². The van der Waals surface area contributed by atoms with Crippen LogP contribution in [0.5, 0.6) is 0 Å². The monoisotopic (exact) mass is 246 g/mol. The van der Waals surface area contributed by atoms with E-state index in [0.29, 0.717) is 0 Å². The Labute approximate surface area is 102 Å². The van der Waals surface area contributed by atoms with Crippen molar-refractivity contribution in [2.45, 2.75) is 59.9 Å². The first kappa shape index (κ1) is 15.6. The number of carboxylic acid groups (broad SMARTS) is 1. The topological polar surface area (TPSA) is 65.0 Å². The Morgan fingerprint density at radius 3 is 1.41 bits per heavy atom. The van der Waals surface area contributed by atoms with E-state index in [1.807, 2.05) is 0 Å². The van der Waals surface area contributed by atoms with Gasteiger partial charge < -0.3 is 19.3 Å². The summed E-state index contributed by atoms with van der Waals surface area (Å²) >= 11 is 0. The average Bonchev–Trinajstić information content (AvgIpc) is 2.10. The van der Waals surface area contributed by atoms with Gasteiger partial charge in [0.05, 0.1) is 18.3 Å². The van der Waals surface area contributed by atoms with Gasteiger partial charge in [-0.2, -0.15) is 0 Å². The zero-order valence-electron chi connectivity index (χ0n) is 11.3. The number of carbonyl (C=O) groups is 1. The molecular weight excluding hydrogens is 224 g/mol. The lowest BCUT2D eigenvalue weighted by atomic mass is 10.4. The molecule has 0 aliphatic heterocycles. The Kier molecular flexibility index (Phi) is 6.46. The van der Waals surface area contributed by atoms with Gasteiger partial charge in [0.15, 0.2) is 0 Å². The second-order valence-electron chi connectivity index (χ2n) is 4.42. The van der Waals surface area contributed by atoms with Gasteiger partial charge in [-0.1, -0.05) is 0 Å². The van der Waals surface area contributed by atoms with Gasteiger partial charge in [-0.15, -0.1) is 0 Å². The number of rotatable bonds is 7. The van der Waals surface area contributed by atoms with Crippen molar-refractivity contribution in [1.29, 1.82) is 0 Å². The van der Waals surface area contributed by atoms with Crippen molar-refractivity contribution in [2.24, 2.45) is 0 Å². The smallest absolute Gasteiger partial charge is 0.378 e. The number of aliphatic carboxylic acids is 1. The molecule has 0 aromatic rings. The molecule has 0 atom stereocenters. The first-order chi connectivity index (χ1) is 7.73. The summed E-state index contributed by atoms with van der Waals surface area (Å²) in [6.07, 6.45) is -0.634. The lowest BCUT2D eigenvalue weighted by Gasteiger charge is -2.20. The highest BCUT2D eigenvalue weighted by atomic mass is 16.7. The second kappa shape index (κ2) is 7.04. The Bertz CT molecular complexity index is 267. The van der Waals surface area contributed by atoms with Gasteiger partial charge in [-0.05, 0) is 41.5 Å². The van der Waals surface area contributed by atoms with E-state index in [-0.39, 0.29) is 30.0 Å². The summed E-state index contributed by atoms with van der Waals surface area (Å²) in [7, 11) is 0. The van der Waals surface area contributed by atoms with Gasteiger partial charge >= 0.3 is 11.9 Å². The maximum Gasteiger partial charge on any atom is 0.378 e. The van der Waals surface area contributed by atoms with Crippen LogP contribution in [0, 0.1) is 0 Å². The molecule has 0 saturated carbocycles. The summed E-state index contributed by atoms with van der Waals surface area (Å²) in [5.74, 6) is -1.56. The van der Waals surface area contributed by atoms with Crippen LogP contribution in [-0.2, 0) is 19.0 Å². The van der Waals surface area contributed by atoms with E-state index >= 15 is 0 Å². The van der Waals surface area contributed by atoms with Crippen LogP contribution in [0.4, 0.5) is 0 Å². The molecule has 0 aromatic heterocycles. The summed E-state index contributed by atoms with van der Waals surface area (Å²) in [5.41, 5.74) is 0. The van der Waals surface area contributed by atoms with Crippen LogP contribution in [-0.4, -0.2) is 29.4 Å². The van der Waals surface area contributed by atoms with Crippen molar-refractivity contribution >= 4 is 5.97 Å². The zero-order chi connectivity index (χ0) is 13.6. The van der Waals surface area contributed by atoms with E-state index in [1.165, 1.54) is 0 Å². The van der Waals surface area contributed by atoms with Gasteiger partial charge in [-0.25, -0.2) is 4.79 Å². The maximum absolute atomic E-state index is 11.1. The molecule has 0 heterocycles. The Balaban J connectivity index is 5.14. The normalized spacial score (nSPS) is 10.6. The van der Waals surface area contributed by atoms with Crippen LogP contribution < -0.4 is 0 Å². The summed E-state index contributed by atoms with van der Waals surface area (Å²) < 4.78 is 15.9. The van der Waals surface area contributed by atoms with Crippen molar-refractivity contribution < 1.29 is 24.1 Å². The first-order valence-corrected chi connectivity index (χ1v) is 5.71. The molecule has 5 nitrogen and oxygen atoms in total. The number of ether oxygens (including phenoxy) is 3. The van der Waals surface area contributed by atoms with Crippen LogP contribution in [0.2, 0.25) is 0 Å². The largest absolute Gasteiger partial charge is 0.479 e. The van der Waals surface area contributed by atoms with Crippen LogP contribution in [0.3, 0.4) is 0 Å². The van der Waals surface area contributed by atoms with Gasteiger partial charge in [0.2, 0.25) is 0 Å². The average molecular weight is 246 g/mol. The predicted octanol–water partition coefficient (Wildman–Crippen LogP) is 2.52. The summed E-state index contributed by atoms with van der Waals surface area (Å²) in [6, 6.07) is 0. The van der Waals surface area contributed by atoms with Crippen LogP contribution >= 0.6 is 0 Å². The van der Waals surface area contributed by atoms with Crippen molar-refractivity contribution in [3.63, 3.8) is 0 Å². The van der Waals surface area contributed by atoms with Crippen LogP contribution in [0.1, 0.15) is 41.5 Å². The SMILES string of the molecule is CC(C)OC(OC(C)C)=C(OC(C)C)C(=O)O. The second-order valence-corrected chi connectivity index (χ2v) is 4.42. The van der Waals surface area contributed by atoms with Gasteiger partial charge in [-0.3, -0.25) is 0 Å². The number of hydrogen-bond donors (Lipinski definition) is 1. The number of hydrogen-bond acceptors (Lipinski definition) is 4. The van der Waals surface area contributed by atoms with Crippen molar-refractivity contribution in [1.82, 2.24) is 0 Å². The fourth-order valence-corrected chi connectivity index (χ4v) is 0.985. The highest BCUT2D eigenvalue weighted by Gasteiger charge is 2.23. The molecule has 0 radical (unpaired) electrons. The fraction of sp³-hybridized carbons (Fsp3) is 0.750. The van der Waals surface area contributed by atoms with Crippen molar-refractivity contribution in [3.8, 4) is 0 Å². The third kappa shape index (κ3) is 6.71. The Hall–Kier alpha value is -1.39. The Morgan fingerprint density at radius 1 is 0.824 bits per heavy atom. The maximum atomic E-state index is 11.1. The molecule has 0 aliphatic rings. The highest BCUT2D eigenvalue weighted by Crippen LogP contribution is 2.16. The van der Waals surface area contributed by atoms with Gasteiger partial charge in [0, 0.05) is 0 Å². The molecule has 5 heteroatoms. The molecule has 100 valence electrons. The molecule has 0 unspecified atom stereocenters. The minimum Gasteiger partial charge on any atom is -0.479 e.